The molecule has 3 N–H and O–H groups in total. The third-order valence-corrected chi connectivity index (χ3v) is 1.76. The lowest BCUT2D eigenvalue weighted by Crippen LogP contribution is -2.07. The maximum absolute atomic E-state index is 5.17. The van der Waals surface area contributed by atoms with Gasteiger partial charge in [-0.2, -0.15) is 0 Å². The molecule has 4 heteroatoms. The second kappa shape index (κ2) is 5.57. The van der Waals surface area contributed by atoms with Crippen LogP contribution in [0.25, 0.3) is 0 Å². The first-order valence-electron chi connectivity index (χ1n) is 3.84. The molecule has 1 rings (SSSR count). The highest BCUT2D eigenvalue weighted by Crippen LogP contribution is 2.01. The number of hydrogen-bond donors (Lipinski definition) is 2. The van der Waals surface area contributed by atoms with Crippen LogP contribution in [-0.4, -0.2) is 10.3 Å². The summed E-state index contributed by atoms with van der Waals surface area (Å²) < 4.78 is 0. The van der Waals surface area contributed by atoms with E-state index in [1.54, 1.807) is 12.3 Å². The Kier molecular flexibility index (Phi) is 4.30. The fourth-order valence-corrected chi connectivity index (χ4v) is 0.963. The maximum atomic E-state index is 5.17. The second-order valence-electron chi connectivity index (χ2n) is 2.32. The summed E-state index contributed by atoms with van der Waals surface area (Å²) in [5.74, 6) is 11.8. The Bertz CT molecular complexity index is 310. The molecule has 3 nitrogen and oxygen atoms in total. The second-order valence-corrected chi connectivity index (χ2v) is 3.11. The number of nitrogens with two attached hydrogens (primary N) is 1. The fraction of sp³-hybridized carbons (Fsp3) is 0.222. The highest BCUT2D eigenvalue weighted by molar-refractivity contribution is 9.09. The predicted octanol–water partition coefficient (Wildman–Crippen LogP) is 1.50. The van der Waals surface area contributed by atoms with Crippen LogP contribution in [0.3, 0.4) is 0 Å². The van der Waals surface area contributed by atoms with E-state index in [0.717, 1.165) is 17.3 Å². The van der Waals surface area contributed by atoms with Gasteiger partial charge in [0.2, 0.25) is 0 Å². The lowest BCUT2D eigenvalue weighted by molar-refractivity contribution is 1.22. The van der Waals surface area contributed by atoms with Gasteiger partial charge in [-0.3, -0.25) is 0 Å². The largest absolute Gasteiger partial charge is 0.308 e. The molecule has 1 aromatic heterocycles. The van der Waals surface area contributed by atoms with Gasteiger partial charge >= 0.3 is 0 Å². The standard InChI is InChI=1S/C9H10BrN3/c10-6-2-1-3-8-4-5-9(13-11)12-7-8/h4-5,7H,2,6,11H2,(H,12,13). The van der Waals surface area contributed by atoms with E-state index in [2.05, 4.69) is 38.2 Å². The van der Waals surface area contributed by atoms with Crippen LogP contribution >= 0.6 is 15.9 Å². The number of halogens is 1. The molecular weight excluding hydrogens is 230 g/mol. The Labute approximate surface area is 85.8 Å². The van der Waals surface area contributed by atoms with Gasteiger partial charge in [0, 0.05) is 23.5 Å². The van der Waals surface area contributed by atoms with Gasteiger partial charge in [-0.25, -0.2) is 10.8 Å². The summed E-state index contributed by atoms with van der Waals surface area (Å²) in [5.41, 5.74) is 3.36. The molecular formula is C9H10BrN3. The molecule has 1 heterocycles. The maximum Gasteiger partial charge on any atom is 0.139 e. The summed E-state index contributed by atoms with van der Waals surface area (Å²) in [5, 5.41) is 0.899. The molecule has 0 fully saturated rings. The number of alkyl halides is 1. The van der Waals surface area contributed by atoms with Gasteiger partial charge in [-0.15, -0.1) is 0 Å². The van der Waals surface area contributed by atoms with Crippen LogP contribution in [0.1, 0.15) is 12.0 Å². The zero-order valence-corrected chi connectivity index (χ0v) is 8.63. The summed E-state index contributed by atoms with van der Waals surface area (Å²) in [6, 6.07) is 3.67. The number of anilines is 1. The first-order valence-corrected chi connectivity index (χ1v) is 4.96. The quantitative estimate of drug-likeness (QED) is 0.356. The molecule has 0 saturated carbocycles. The van der Waals surface area contributed by atoms with Gasteiger partial charge in [0.15, 0.2) is 0 Å². The Hall–Kier alpha value is -1.05. The highest BCUT2D eigenvalue weighted by atomic mass is 79.9. The van der Waals surface area contributed by atoms with Gasteiger partial charge in [-0.05, 0) is 12.1 Å². The van der Waals surface area contributed by atoms with E-state index in [1.165, 1.54) is 0 Å². The molecule has 0 spiro atoms. The molecule has 0 aliphatic heterocycles. The number of hydrogen-bond acceptors (Lipinski definition) is 3. The summed E-state index contributed by atoms with van der Waals surface area (Å²) in [7, 11) is 0. The molecule has 1 aromatic rings. The van der Waals surface area contributed by atoms with E-state index >= 15 is 0 Å². The molecule has 0 atom stereocenters. The van der Waals surface area contributed by atoms with Gasteiger partial charge in [0.05, 0.1) is 0 Å². The van der Waals surface area contributed by atoms with E-state index in [-0.39, 0.29) is 0 Å². The van der Waals surface area contributed by atoms with Crippen molar-refractivity contribution in [1.82, 2.24) is 4.98 Å². The number of hydrazine groups is 1. The summed E-state index contributed by atoms with van der Waals surface area (Å²) >= 11 is 3.30. The minimum absolute atomic E-state index is 0.644. The van der Waals surface area contributed by atoms with Gasteiger partial charge < -0.3 is 5.43 Å². The molecule has 13 heavy (non-hydrogen) atoms. The van der Waals surface area contributed by atoms with Crippen LogP contribution in [0.5, 0.6) is 0 Å². The normalized spacial score (nSPS) is 8.77. The molecule has 0 radical (unpaired) electrons. The van der Waals surface area contributed by atoms with Crippen LogP contribution in [0.2, 0.25) is 0 Å². The third-order valence-electron chi connectivity index (χ3n) is 1.36. The predicted molar refractivity (Wildman–Crippen MR) is 57.3 cm³/mol. The molecule has 68 valence electrons. The number of aromatic nitrogens is 1. The Morgan fingerprint density at radius 2 is 2.38 bits per heavy atom. The van der Waals surface area contributed by atoms with Gasteiger partial charge in [0.1, 0.15) is 5.82 Å². The minimum atomic E-state index is 0.644. The van der Waals surface area contributed by atoms with Crippen molar-refractivity contribution in [2.75, 3.05) is 10.8 Å². The Morgan fingerprint density at radius 1 is 1.54 bits per heavy atom. The van der Waals surface area contributed by atoms with Crippen LogP contribution in [-0.2, 0) is 0 Å². The average Bonchev–Trinajstić information content (AvgIpc) is 2.19. The van der Waals surface area contributed by atoms with Crippen molar-refractivity contribution in [1.29, 1.82) is 0 Å². The van der Waals surface area contributed by atoms with Crippen molar-refractivity contribution >= 4 is 21.7 Å². The monoisotopic (exact) mass is 239 g/mol. The van der Waals surface area contributed by atoms with Crippen LogP contribution in [0.15, 0.2) is 18.3 Å². The topological polar surface area (TPSA) is 50.9 Å². The van der Waals surface area contributed by atoms with E-state index in [0.29, 0.717) is 5.82 Å². The average molecular weight is 240 g/mol. The van der Waals surface area contributed by atoms with Crippen LogP contribution < -0.4 is 11.3 Å². The molecule has 0 aromatic carbocycles. The molecule has 0 saturated heterocycles. The number of rotatable bonds is 2. The lowest BCUT2D eigenvalue weighted by atomic mass is 10.3. The number of nitrogens with zero attached hydrogens (tertiary/aromatic N) is 1. The van der Waals surface area contributed by atoms with Crippen molar-refractivity contribution in [3.63, 3.8) is 0 Å². The molecule has 0 bridgehead atoms. The number of nitrogens with one attached hydrogen (secondary N) is 1. The molecule has 0 amide bonds. The van der Waals surface area contributed by atoms with E-state index in [9.17, 15) is 0 Å². The smallest absolute Gasteiger partial charge is 0.139 e. The Balaban J connectivity index is 2.65. The first-order chi connectivity index (χ1) is 6.36. The molecule has 0 aliphatic rings. The van der Waals surface area contributed by atoms with Crippen LogP contribution in [0, 0.1) is 11.8 Å². The van der Waals surface area contributed by atoms with E-state index < -0.39 is 0 Å². The van der Waals surface area contributed by atoms with Crippen LogP contribution in [0.4, 0.5) is 5.82 Å². The summed E-state index contributed by atoms with van der Waals surface area (Å²) in [4.78, 5) is 4.03. The van der Waals surface area contributed by atoms with Gasteiger partial charge in [0.25, 0.3) is 0 Å². The summed E-state index contributed by atoms with van der Waals surface area (Å²) in [6.45, 7) is 0. The van der Waals surface area contributed by atoms with Crippen molar-refractivity contribution < 1.29 is 0 Å². The number of nitrogen functional groups attached to an aromatic ring is 1. The molecule has 0 unspecified atom stereocenters. The summed E-state index contributed by atoms with van der Waals surface area (Å²) in [6.07, 6.45) is 2.54. The van der Waals surface area contributed by atoms with E-state index in [4.69, 9.17) is 5.84 Å². The SMILES string of the molecule is NNc1ccc(C#CCCBr)cn1. The van der Waals surface area contributed by atoms with E-state index in [1.807, 2.05) is 6.07 Å². The Morgan fingerprint density at radius 3 is 2.92 bits per heavy atom. The highest BCUT2D eigenvalue weighted by Gasteiger charge is 1.89. The number of pyridine rings is 1. The van der Waals surface area contributed by atoms with Crippen molar-refractivity contribution in [2.45, 2.75) is 6.42 Å². The zero-order valence-electron chi connectivity index (χ0n) is 7.05. The van der Waals surface area contributed by atoms with Crippen molar-refractivity contribution in [3.8, 4) is 11.8 Å². The zero-order chi connectivity index (χ0) is 9.52. The lowest BCUT2D eigenvalue weighted by Gasteiger charge is -1.96. The van der Waals surface area contributed by atoms with Crippen molar-refractivity contribution in [2.24, 2.45) is 5.84 Å². The minimum Gasteiger partial charge on any atom is -0.308 e. The molecule has 0 aliphatic carbocycles. The van der Waals surface area contributed by atoms with Gasteiger partial charge in [-0.1, -0.05) is 27.8 Å². The van der Waals surface area contributed by atoms with Crippen molar-refractivity contribution in [3.05, 3.63) is 23.9 Å². The third kappa shape index (κ3) is 3.45. The fourth-order valence-electron chi connectivity index (χ4n) is 0.765. The first kappa shape index (κ1) is 10.0.